The highest BCUT2D eigenvalue weighted by Gasteiger charge is 2.23. The Morgan fingerprint density at radius 2 is 2.10 bits per heavy atom. The van der Waals surface area contributed by atoms with Crippen LogP contribution in [0.4, 0.5) is 0 Å². The smallest absolute Gasteiger partial charge is 0.237 e. The SMILES string of the molecule is CCCC[C@@](C)(N)C(N)=O. The van der Waals surface area contributed by atoms with Crippen LogP contribution in [0.3, 0.4) is 0 Å². The fraction of sp³-hybridized carbons (Fsp3) is 0.857. The van der Waals surface area contributed by atoms with Crippen molar-refractivity contribution in [2.75, 3.05) is 0 Å². The molecule has 0 unspecified atom stereocenters. The van der Waals surface area contributed by atoms with Gasteiger partial charge in [-0.1, -0.05) is 19.8 Å². The van der Waals surface area contributed by atoms with Crippen molar-refractivity contribution in [1.29, 1.82) is 0 Å². The molecule has 60 valence electrons. The van der Waals surface area contributed by atoms with E-state index < -0.39 is 11.4 Å². The summed E-state index contributed by atoms with van der Waals surface area (Å²) in [6.07, 6.45) is 2.68. The van der Waals surface area contributed by atoms with Crippen LogP contribution in [0.15, 0.2) is 0 Å². The predicted molar refractivity (Wildman–Crippen MR) is 41.3 cm³/mol. The molecule has 0 aromatic carbocycles. The molecular weight excluding hydrogens is 128 g/mol. The molecule has 0 aliphatic carbocycles. The normalized spacial score (nSPS) is 16.3. The standard InChI is InChI=1S/C7H16N2O/c1-3-4-5-7(2,9)6(8)10/h3-5,9H2,1-2H3,(H2,8,10)/t7-/m1/s1. The van der Waals surface area contributed by atoms with Gasteiger partial charge in [0.1, 0.15) is 0 Å². The summed E-state index contributed by atoms with van der Waals surface area (Å²) in [6, 6.07) is 0. The number of amides is 1. The first-order chi connectivity index (χ1) is 4.50. The van der Waals surface area contributed by atoms with Crippen molar-refractivity contribution in [2.24, 2.45) is 11.5 Å². The molecule has 0 spiro atoms. The number of hydrogen-bond acceptors (Lipinski definition) is 2. The van der Waals surface area contributed by atoms with E-state index in [9.17, 15) is 4.79 Å². The van der Waals surface area contributed by atoms with Gasteiger partial charge in [-0.05, 0) is 13.3 Å². The van der Waals surface area contributed by atoms with E-state index in [0.717, 1.165) is 12.8 Å². The van der Waals surface area contributed by atoms with E-state index in [1.807, 2.05) is 0 Å². The van der Waals surface area contributed by atoms with Gasteiger partial charge in [0.2, 0.25) is 5.91 Å². The van der Waals surface area contributed by atoms with Gasteiger partial charge in [-0.15, -0.1) is 0 Å². The zero-order valence-electron chi connectivity index (χ0n) is 6.68. The van der Waals surface area contributed by atoms with Crippen molar-refractivity contribution >= 4 is 5.91 Å². The molecule has 10 heavy (non-hydrogen) atoms. The van der Waals surface area contributed by atoms with Crippen LogP contribution in [-0.4, -0.2) is 11.4 Å². The van der Waals surface area contributed by atoms with Crippen LogP contribution in [0.5, 0.6) is 0 Å². The maximum absolute atomic E-state index is 10.6. The molecule has 3 nitrogen and oxygen atoms in total. The third-order valence-corrected chi connectivity index (χ3v) is 1.61. The second kappa shape index (κ2) is 3.56. The van der Waals surface area contributed by atoms with E-state index in [-0.39, 0.29) is 0 Å². The third-order valence-electron chi connectivity index (χ3n) is 1.61. The predicted octanol–water partition coefficient (Wildman–Crippen LogP) is 0.379. The molecule has 1 amide bonds. The summed E-state index contributed by atoms with van der Waals surface area (Å²) in [5.41, 5.74) is 9.81. The van der Waals surface area contributed by atoms with Gasteiger partial charge in [0.25, 0.3) is 0 Å². The van der Waals surface area contributed by atoms with Gasteiger partial charge in [0.05, 0.1) is 5.54 Å². The maximum Gasteiger partial charge on any atom is 0.237 e. The number of primary amides is 1. The van der Waals surface area contributed by atoms with Gasteiger partial charge in [-0.25, -0.2) is 0 Å². The Labute approximate surface area is 61.8 Å². The molecule has 0 saturated heterocycles. The Balaban J connectivity index is 3.75. The number of rotatable bonds is 4. The van der Waals surface area contributed by atoms with Gasteiger partial charge in [-0.3, -0.25) is 4.79 Å². The highest BCUT2D eigenvalue weighted by atomic mass is 16.1. The molecule has 1 atom stereocenters. The van der Waals surface area contributed by atoms with Crippen molar-refractivity contribution < 1.29 is 4.79 Å². The summed E-state index contributed by atoms with van der Waals surface area (Å²) in [7, 11) is 0. The minimum Gasteiger partial charge on any atom is -0.368 e. The molecule has 0 heterocycles. The van der Waals surface area contributed by atoms with Gasteiger partial charge >= 0.3 is 0 Å². The molecular formula is C7H16N2O. The minimum atomic E-state index is -0.810. The first-order valence-electron chi connectivity index (χ1n) is 3.59. The summed E-state index contributed by atoms with van der Waals surface area (Å²) < 4.78 is 0. The number of carbonyl (C=O) groups is 1. The van der Waals surface area contributed by atoms with Crippen molar-refractivity contribution in [1.82, 2.24) is 0 Å². The van der Waals surface area contributed by atoms with Crippen molar-refractivity contribution in [3.05, 3.63) is 0 Å². The van der Waals surface area contributed by atoms with Gasteiger partial charge in [0.15, 0.2) is 0 Å². The average Bonchev–Trinajstić information content (AvgIpc) is 1.84. The molecule has 0 aliphatic heterocycles. The molecule has 0 aliphatic rings. The van der Waals surface area contributed by atoms with E-state index in [1.54, 1.807) is 6.92 Å². The summed E-state index contributed by atoms with van der Waals surface area (Å²) in [4.78, 5) is 10.6. The van der Waals surface area contributed by atoms with E-state index >= 15 is 0 Å². The van der Waals surface area contributed by atoms with Gasteiger partial charge < -0.3 is 11.5 Å². The molecule has 0 bridgehead atoms. The molecule has 0 fully saturated rings. The first kappa shape index (κ1) is 9.43. The summed E-state index contributed by atoms with van der Waals surface area (Å²) in [5, 5.41) is 0. The zero-order valence-corrected chi connectivity index (χ0v) is 6.68. The molecule has 0 aromatic rings. The Morgan fingerprint density at radius 3 is 2.40 bits per heavy atom. The van der Waals surface area contributed by atoms with Crippen LogP contribution in [0.1, 0.15) is 33.1 Å². The maximum atomic E-state index is 10.6. The Hall–Kier alpha value is -0.570. The van der Waals surface area contributed by atoms with Crippen LogP contribution in [0.2, 0.25) is 0 Å². The molecule has 0 rings (SSSR count). The largest absolute Gasteiger partial charge is 0.368 e. The second-order valence-electron chi connectivity index (χ2n) is 2.89. The van der Waals surface area contributed by atoms with Gasteiger partial charge in [-0.2, -0.15) is 0 Å². The topological polar surface area (TPSA) is 69.1 Å². The van der Waals surface area contributed by atoms with E-state index in [0.29, 0.717) is 6.42 Å². The fourth-order valence-corrected chi connectivity index (χ4v) is 0.667. The lowest BCUT2D eigenvalue weighted by Crippen LogP contribution is -2.49. The Bertz CT molecular complexity index is 121. The lowest BCUT2D eigenvalue weighted by molar-refractivity contribution is -0.122. The number of unbranched alkanes of at least 4 members (excludes halogenated alkanes) is 1. The van der Waals surface area contributed by atoms with Crippen LogP contribution in [0.25, 0.3) is 0 Å². The first-order valence-corrected chi connectivity index (χ1v) is 3.59. The molecule has 3 heteroatoms. The third kappa shape index (κ3) is 2.82. The molecule has 4 N–H and O–H groups in total. The van der Waals surface area contributed by atoms with Crippen LogP contribution in [-0.2, 0) is 4.79 Å². The minimum absolute atomic E-state index is 0.416. The molecule has 0 saturated carbocycles. The lowest BCUT2D eigenvalue weighted by Gasteiger charge is -2.19. The van der Waals surface area contributed by atoms with Crippen LogP contribution < -0.4 is 11.5 Å². The zero-order chi connectivity index (χ0) is 8.20. The van der Waals surface area contributed by atoms with E-state index in [4.69, 9.17) is 11.5 Å². The molecule has 0 aromatic heterocycles. The van der Waals surface area contributed by atoms with Crippen molar-refractivity contribution in [2.45, 2.75) is 38.6 Å². The average molecular weight is 144 g/mol. The lowest BCUT2D eigenvalue weighted by atomic mass is 9.96. The Morgan fingerprint density at radius 1 is 1.60 bits per heavy atom. The summed E-state index contributed by atoms with van der Waals surface area (Å²) in [5.74, 6) is -0.416. The highest BCUT2D eigenvalue weighted by Crippen LogP contribution is 2.08. The van der Waals surface area contributed by atoms with Crippen LogP contribution >= 0.6 is 0 Å². The van der Waals surface area contributed by atoms with Crippen LogP contribution in [0, 0.1) is 0 Å². The van der Waals surface area contributed by atoms with E-state index in [2.05, 4.69) is 6.92 Å². The van der Waals surface area contributed by atoms with Crippen molar-refractivity contribution in [3.8, 4) is 0 Å². The highest BCUT2D eigenvalue weighted by molar-refractivity contribution is 5.83. The number of nitrogens with two attached hydrogens (primary N) is 2. The van der Waals surface area contributed by atoms with Gasteiger partial charge in [0, 0.05) is 0 Å². The fourth-order valence-electron chi connectivity index (χ4n) is 0.667. The number of carbonyl (C=O) groups excluding carboxylic acids is 1. The summed E-state index contributed by atoms with van der Waals surface area (Å²) >= 11 is 0. The quantitative estimate of drug-likeness (QED) is 0.599. The Kier molecular flexibility index (Phi) is 3.36. The monoisotopic (exact) mass is 144 g/mol. The second-order valence-corrected chi connectivity index (χ2v) is 2.89. The summed E-state index contributed by atoms with van der Waals surface area (Å²) in [6.45, 7) is 3.72. The van der Waals surface area contributed by atoms with Crippen molar-refractivity contribution in [3.63, 3.8) is 0 Å². The van der Waals surface area contributed by atoms with E-state index in [1.165, 1.54) is 0 Å². The molecule has 0 radical (unpaired) electrons. The number of hydrogen-bond donors (Lipinski definition) is 2.